The summed E-state index contributed by atoms with van der Waals surface area (Å²) in [6.07, 6.45) is 21.1. The summed E-state index contributed by atoms with van der Waals surface area (Å²) in [7, 11) is 1.72. The molecule has 0 aliphatic rings. The van der Waals surface area contributed by atoms with Crippen molar-refractivity contribution in [2.75, 3.05) is 33.5 Å². The van der Waals surface area contributed by atoms with E-state index in [-0.39, 0.29) is 5.97 Å². The molecule has 0 atom stereocenters. The van der Waals surface area contributed by atoms with E-state index in [2.05, 4.69) is 117 Å². The van der Waals surface area contributed by atoms with E-state index in [0.717, 1.165) is 113 Å². The van der Waals surface area contributed by atoms with Crippen LogP contribution in [0, 0.1) is 59.2 Å². The fraction of sp³-hybridized carbons (Fsp3) is 0.221. The zero-order valence-corrected chi connectivity index (χ0v) is 43.9. The van der Waals surface area contributed by atoms with Gasteiger partial charge in [-0.2, -0.15) is 5.26 Å². The SMILES string of the molecule is C#Cc1ccc(C#Cc2ccc(C#N)cc2)c(CC)c1.C=C/C=c1/cc(C#Cc2ccc(OCCCCOC)cc2)cc/c1=C/C.C=CC(=O)OCCCCCCOc1ccc2cc(C#CC)ccc2c1.C=CC=O. The highest BCUT2D eigenvalue weighted by Crippen LogP contribution is 2.22. The van der Waals surface area contributed by atoms with Gasteiger partial charge in [-0.3, -0.25) is 4.79 Å². The van der Waals surface area contributed by atoms with Crippen LogP contribution >= 0.6 is 0 Å². The molecule has 0 spiro atoms. The minimum Gasteiger partial charge on any atom is -0.494 e. The summed E-state index contributed by atoms with van der Waals surface area (Å²) >= 11 is 0. The number of methoxy groups -OCH3 is 1. The number of aryl methyl sites for hydroxylation is 1. The molecular weight excluding hydrogens is 927 g/mol. The van der Waals surface area contributed by atoms with Crippen molar-refractivity contribution in [2.45, 2.75) is 65.7 Å². The topological polar surface area (TPSA) is 94.8 Å². The van der Waals surface area contributed by atoms with Gasteiger partial charge in [0.15, 0.2) is 0 Å². The molecule has 6 aromatic rings. The maximum absolute atomic E-state index is 10.9. The molecule has 0 saturated carbocycles. The maximum atomic E-state index is 10.9. The molecule has 7 heteroatoms. The highest BCUT2D eigenvalue weighted by Gasteiger charge is 2.02. The summed E-state index contributed by atoms with van der Waals surface area (Å²) in [6, 6.07) is 41.7. The Bertz CT molecular complexity index is 3200. The summed E-state index contributed by atoms with van der Waals surface area (Å²) in [5.41, 5.74) is 7.56. The molecule has 75 heavy (non-hydrogen) atoms. The van der Waals surface area contributed by atoms with Gasteiger partial charge in [-0.15, -0.1) is 12.3 Å². The predicted molar refractivity (Wildman–Crippen MR) is 308 cm³/mol. The van der Waals surface area contributed by atoms with Crippen molar-refractivity contribution in [1.82, 2.24) is 0 Å². The van der Waals surface area contributed by atoms with Crippen LogP contribution in [0.15, 0.2) is 159 Å². The first-order chi connectivity index (χ1) is 36.7. The molecule has 0 saturated heterocycles. The molecule has 0 fully saturated rings. The summed E-state index contributed by atoms with van der Waals surface area (Å²) in [6.45, 7) is 18.8. The Morgan fingerprint density at radius 1 is 0.600 bits per heavy atom. The molecule has 0 amide bonds. The Kier molecular flexibility index (Phi) is 29.6. The number of carbonyl (C=O) groups excluding carboxylic acids is 2. The number of carbonyl (C=O) groups is 2. The molecule has 0 unspecified atom stereocenters. The third kappa shape index (κ3) is 23.8. The van der Waals surface area contributed by atoms with Crippen LogP contribution in [0.2, 0.25) is 0 Å². The van der Waals surface area contributed by atoms with E-state index >= 15 is 0 Å². The predicted octanol–water partition coefficient (Wildman–Crippen LogP) is 12.4. The van der Waals surface area contributed by atoms with Gasteiger partial charge in [0.25, 0.3) is 0 Å². The molecular formula is C68H67NO6. The zero-order chi connectivity index (χ0) is 54.3. The van der Waals surface area contributed by atoms with E-state index in [0.29, 0.717) is 31.7 Å². The van der Waals surface area contributed by atoms with Crippen LogP contribution in [0.4, 0.5) is 0 Å². The van der Waals surface area contributed by atoms with Gasteiger partial charge in [0.05, 0.1) is 31.5 Å². The van der Waals surface area contributed by atoms with Crippen LogP contribution in [0.3, 0.4) is 0 Å². The van der Waals surface area contributed by atoms with E-state index in [9.17, 15) is 4.79 Å². The monoisotopic (exact) mass is 993 g/mol. The fourth-order valence-corrected chi connectivity index (χ4v) is 6.88. The van der Waals surface area contributed by atoms with Crippen LogP contribution in [0.25, 0.3) is 22.9 Å². The van der Waals surface area contributed by atoms with E-state index in [4.69, 9.17) is 35.4 Å². The quantitative estimate of drug-likeness (QED) is 0.0278. The number of ether oxygens (including phenoxy) is 4. The van der Waals surface area contributed by atoms with Crippen molar-refractivity contribution >= 4 is 35.2 Å². The number of nitriles is 1. The average Bonchev–Trinajstić information content (AvgIpc) is 3.45. The van der Waals surface area contributed by atoms with Crippen molar-refractivity contribution < 1.29 is 28.5 Å². The molecule has 0 radical (unpaired) electrons. The van der Waals surface area contributed by atoms with Crippen LogP contribution in [0.5, 0.6) is 11.5 Å². The highest BCUT2D eigenvalue weighted by atomic mass is 16.5. The number of fused-ring (bicyclic) bond motifs is 1. The molecule has 380 valence electrons. The number of allylic oxidation sites excluding steroid dienone is 2. The molecule has 0 heterocycles. The summed E-state index contributed by atoms with van der Waals surface area (Å²) in [5, 5.41) is 13.4. The van der Waals surface area contributed by atoms with Crippen LogP contribution in [0.1, 0.15) is 104 Å². The number of rotatable bonds is 18. The molecule has 0 bridgehead atoms. The molecule has 0 aliphatic carbocycles. The van der Waals surface area contributed by atoms with Crippen LogP contribution in [-0.4, -0.2) is 45.8 Å². The van der Waals surface area contributed by atoms with Gasteiger partial charge in [0.1, 0.15) is 17.8 Å². The van der Waals surface area contributed by atoms with Crippen molar-refractivity contribution in [3.05, 3.63) is 214 Å². The Morgan fingerprint density at radius 3 is 1.77 bits per heavy atom. The van der Waals surface area contributed by atoms with Gasteiger partial charge in [-0.1, -0.05) is 98.6 Å². The lowest BCUT2D eigenvalue weighted by Crippen LogP contribution is -2.23. The molecule has 0 aliphatic heterocycles. The van der Waals surface area contributed by atoms with Gasteiger partial charge in [-0.05, 0) is 195 Å². The maximum Gasteiger partial charge on any atom is 0.330 e. The molecule has 7 nitrogen and oxygen atoms in total. The first kappa shape index (κ1) is 60.3. The van der Waals surface area contributed by atoms with Gasteiger partial charge in [-0.25, -0.2) is 4.79 Å². The van der Waals surface area contributed by atoms with Crippen molar-refractivity contribution in [3.8, 4) is 65.4 Å². The normalized spacial score (nSPS) is 10.1. The molecule has 6 aromatic carbocycles. The Balaban J connectivity index is 0.000000288. The number of hydrogen-bond acceptors (Lipinski definition) is 7. The van der Waals surface area contributed by atoms with E-state index in [1.165, 1.54) is 22.8 Å². The summed E-state index contributed by atoms with van der Waals surface area (Å²) in [5.74, 6) is 22.7. The van der Waals surface area contributed by atoms with Gasteiger partial charge >= 0.3 is 5.97 Å². The lowest BCUT2D eigenvalue weighted by atomic mass is 10.0. The number of hydrogen-bond donors (Lipinski definition) is 0. The Morgan fingerprint density at radius 2 is 1.15 bits per heavy atom. The van der Waals surface area contributed by atoms with Crippen molar-refractivity contribution in [3.63, 3.8) is 0 Å². The standard InChI is InChI=1S/C24H26O2.C22H24O3.C19H13N.C3H4O/c1-4-8-23-19-21(11-14-22(23)5-2)10-9-20-12-15-24(16-13-20)26-18-7-6-17-25-3;1-3-9-18-10-11-20-17-21(13-12-19(20)16-18)24-14-7-5-6-8-15-25-22(23)4-2;1-3-15-9-11-19(18(4-2)13-15)12-10-16-5-7-17(14-20)8-6-16;1-2-3-4/h4-5,8,11-16,19H,1,6-7,17-18H2,2-3H3;4,10-13,16-17H,2,5-8,14-15H2,1H3;1,5-9,11,13H,4H2,2H3;2-3H,1H2/b22-5-,23-8-;;;. The van der Waals surface area contributed by atoms with Crippen LogP contribution in [-0.2, 0) is 25.5 Å². The third-order valence-corrected chi connectivity index (χ3v) is 10.8. The number of esters is 1. The molecule has 0 aromatic heterocycles. The van der Waals surface area contributed by atoms with Crippen molar-refractivity contribution in [2.24, 2.45) is 0 Å². The van der Waals surface area contributed by atoms with Crippen LogP contribution < -0.4 is 19.9 Å². The number of terminal acetylenes is 1. The summed E-state index contributed by atoms with van der Waals surface area (Å²) < 4.78 is 21.5. The smallest absolute Gasteiger partial charge is 0.330 e. The number of aldehydes is 1. The number of unbranched alkanes of at least 4 members (excludes halogenated alkanes) is 4. The second kappa shape index (κ2) is 36.8. The van der Waals surface area contributed by atoms with Gasteiger partial charge in [0, 0.05) is 53.2 Å². The average molecular weight is 994 g/mol. The second-order valence-electron chi connectivity index (χ2n) is 16.3. The minimum atomic E-state index is -0.353. The zero-order valence-electron chi connectivity index (χ0n) is 43.9. The highest BCUT2D eigenvalue weighted by molar-refractivity contribution is 5.85. The first-order valence-electron chi connectivity index (χ1n) is 24.9. The first-order valence-corrected chi connectivity index (χ1v) is 24.9. The lowest BCUT2D eigenvalue weighted by molar-refractivity contribution is -0.137. The molecule has 6 rings (SSSR count). The van der Waals surface area contributed by atoms with E-state index in [1.807, 2.05) is 92.7 Å². The van der Waals surface area contributed by atoms with Crippen molar-refractivity contribution in [1.29, 1.82) is 5.26 Å². The number of benzene rings is 6. The number of nitrogens with zero attached hydrogens (tertiary/aromatic N) is 1. The Labute approximate surface area is 445 Å². The third-order valence-electron chi connectivity index (χ3n) is 10.8. The Hall–Kier alpha value is -9.03. The van der Waals surface area contributed by atoms with E-state index in [1.54, 1.807) is 25.3 Å². The largest absolute Gasteiger partial charge is 0.494 e. The van der Waals surface area contributed by atoms with Gasteiger partial charge in [0.2, 0.25) is 0 Å². The lowest BCUT2D eigenvalue weighted by Gasteiger charge is -2.08. The second-order valence-corrected chi connectivity index (χ2v) is 16.3. The van der Waals surface area contributed by atoms with E-state index < -0.39 is 0 Å². The minimum absolute atomic E-state index is 0.353. The summed E-state index contributed by atoms with van der Waals surface area (Å²) in [4.78, 5) is 19.9. The van der Waals surface area contributed by atoms with Gasteiger partial charge < -0.3 is 18.9 Å². The fourth-order valence-electron chi connectivity index (χ4n) is 6.88. The molecule has 0 N–H and O–H groups in total.